The van der Waals surface area contributed by atoms with Gasteiger partial charge in [-0.25, -0.2) is 9.78 Å². The van der Waals surface area contributed by atoms with Crippen molar-refractivity contribution in [1.82, 2.24) is 20.2 Å². The van der Waals surface area contributed by atoms with Gasteiger partial charge in [0.1, 0.15) is 5.82 Å². The minimum absolute atomic E-state index is 0.0631. The number of imidazole rings is 1. The lowest BCUT2D eigenvalue weighted by molar-refractivity contribution is -0.137. The lowest BCUT2D eigenvalue weighted by atomic mass is 9.85. The first-order valence-electron chi connectivity index (χ1n) is 14.2. The molecule has 1 aliphatic heterocycles. The number of aromatic nitrogens is 2. The minimum atomic E-state index is -4.47. The van der Waals surface area contributed by atoms with Gasteiger partial charge in [-0.3, -0.25) is 4.79 Å². The topological polar surface area (TPSA) is 78.1 Å². The van der Waals surface area contributed by atoms with E-state index in [1.165, 1.54) is 6.07 Å². The number of hydrogen-bond acceptors (Lipinski definition) is 3. The molecule has 4 aromatic rings. The van der Waals surface area contributed by atoms with Crippen LogP contribution in [0.4, 0.5) is 18.0 Å². The minimum Gasteiger partial charge on any atom is -0.342 e. The van der Waals surface area contributed by atoms with Crippen LogP contribution < -0.4 is 5.32 Å². The number of hydrogen-bond donors (Lipinski definition) is 2. The zero-order chi connectivity index (χ0) is 30.2. The molecule has 0 fully saturated rings. The van der Waals surface area contributed by atoms with Gasteiger partial charge in [0, 0.05) is 37.0 Å². The number of benzene rings is 3. The smallest absolute Gasteiger partial charge is 0.342 e. The molecule has 0 atom stereocenters. The normalized spacial score (nSPS) is 13.7. The maximum absolute atomic E-state index is 13.6. The van der Waals surface area contributed by atoms with Gasteiger partial charge in [-0.15, -0.1) is 0 Å². The summed E-state index contributed by atoms with van der Waals surface area (Å²) in [5, 5.41) is 2.97. The predicted molar refractivity (Wildman–Crippen MR) is 157 cm³/mol. The molecule has 2 heterocycles. The van der Waals surface area contributed by atoms with Crippen molar-refractivity contribution >= 4 is 22.8 Å². The highest BCUT2D eigenvalue weighted by molar-refractivity contribution is 5.99. The van der Waals surface area contributed by atoms with Crippen LogP contribution in [-0.2, 0) is 25.6 Å². The molecular weight excluding hydrogens is 541 g/mol. The Hall–Kier alpha value is -4.14. The second-order valence-electron chi connectivity index (χ2n) is 12.0. The van der Waals surface area contributed by atoms with Crippen molar-refractivity contribution < 1.29 is 22.8 Å². The summed E-state index contributed by atoms with van der Waals surface area (Å²) in [6.07, 6.45) is -2.58. The van der Waals surface area contributed by atoms with Gasteiger partial charge in [-0.1, -0.05) is 30.3 Å². The molecule has 0 aliphatic carbocycles. The number of urea groups is 1. The van der Waals surface area contributed by atoms with Crippen LogP contribution >= 0.6 is 0 Å². The fraction of sp³-hybridized carbons (Fsp3) is 0.364. The number of carbonyl (C=O) groups excluding carboxylic acids is 2. The van der Waals surface area contributed by atoms with E-state index in [-0.39, 0.29) is 24.8 Å². The molecule has 220 valence electrons. The first-order valence-corrected chi connectivity index (χ1v) is 14.2. The lowest BCUT2D eigenvalue weighted by Crippen LogP contribution is -2.50. The second kappa shape index (κ2) is 11.3. The number of H-pyrrole nitrogens is 1. The summed E-state index contributed by atoms with van der Waals surface area (Å²) >= 11 is 0. The molecule has 0 spiro atoms. The number of rotatable bonds is 6. The molecule has 0 radical (unpaired) electrons. The third-order valence-corrected chi connectivity index (χ3v) is 7.49. The third kappa shape index (κ3) is 6.50. The molecule has 2 N–H and O–H groups in total. The largest absolute Gasteiger partial charge is 0.416 e. The summed E-state index contributed by atoms with van der Waals surface area (Å²) < 4.78 is 40.5. The van der Waals surface area contributed by atoms with Crippen LogP contribution in [0, 0.1) is 6.92 Å². The fourth-order valence-electron chi connectivity index (χ4n) is 5.49. The summed E-state index contributed by atoms with van der Waals surface area (Å²) in [4.78, 5) is 36.2. The summed E-state index contributed by atoms with van der Waals surface area (Å²) in [6, 6.07) is 14.5. The Labute approximate surface area is 243 Å². The molecule has 0 saturated heterocycles. The van der Waals surface area contributed by atoms with Gasteiger partial charge in [0.15, 0.2) is 5.78 Å². The Morgan fingerprint density at radius 3 is 2.55 bits per heavy atom. The summed E-state index contributed by atoms with van der Waals surface area (Å²) in [6.45, 7) is 8.30. The van der Waals surface area contributed by atoms with Crippen LogP contribution in [0.1, 0.15) is 72.0 Å². The fourth-order valence-corrected chi connectivity index (χ4v) is 5.49. The number of amides is 2. The second-order valence-corrected chi connectivity index (χ2v) is 12.0. The van der Waals surface area contributed by atoms with E-state index in [0.29, 0.717) is 48.1 Å². The number of carbonyl (C=O) groups is 2. The first-order chi connectivity index (χ1) is 19.8. The number of nitrogens with zero attached hydrogens (tertiary/aromatic N) is 2. The summed E-state index contributed by atoms with van der Waals surface area (Å²) in [7, 11) is 0. The van der Waals surface area contributed by atoms with Gasteiger partial charge < -0.3 is 15.2 Å². The molecule has 0 unspecified atom stereocenters. The quantitative estimate of drug-likeness (QED) is 0.232. The predicted octanol–water partition coefficient (Wildman–Crippen LogP) is 7.63. The summed E-state index contributed by atoms with van der Waals surface area (Å²) in [5.41, 5.74) is 4.93. The molecule has 2 amide bonds. The van der Waals surface area contributed by atoms with Gasteiger partial charge in [-0.05, 0) is 92.6 Å². The number of fused-ring (bicyclic) bond motifs is 2. The highest BCUT2D eigenvalue weighted by atomic mass is 19.4. The lowest BCUT2D eigenvalue weighted by Gasteiger charge is -2.34. The van der Waals surface area contributed by atoms with Gasteiger partial charge in [-0.2, -0.15) is 13.2 Å². The molecule has 1 aromatic heterocycles. The number of alkyl halides is 3. The number of halogens is 3. The van der Waals surface area contributed by atoms with Crippen LogP contribution in [0.25, 0.3) is 22.2 Å². The molecule has 6 nitrogen and oxygen atoms in total. The molecule has 0 bridgehead atoms. The molecule has 42 heavy (non-hydrogen) atoms. The van der Waals surface area contributed by atoms with E-state index in [9.17, 15) is 22.8 Å². The molecular formula is C33H35F3N4O2. The number of Topliss-reactive ketones (excluding diaryl/α,β-unsaturated/α-hetero) is 1. The van der Waals surface area contributed by atoms with Crippen LogP contribution in [-0.4, -0.2) is 38.8 Å². The van der Waals surface area contributed by atoms with Crippen LogP contribution in [0.5, 0.6) is 0 Å². The average molecular weight is 577 g/mol. The van der Waals surface area contributed by atoms with Crippen molar-refractivity contribution in [2.24, 2.45) is 0 Å². The number of aryl methyl sites for hydroxylation is 2. The van der Waals surface area contributed by atoms with Crippen LogP contribution in [0.2, 0.25) is 0 Å². The third-order valence-electron chi connectivity index (χ3n) is 7.49. The standard InChI is InChI=1S/C33H35F3N4O2/c1-20-11-14-27-28(17-20)38-30(37-27)10-6-9-29(41)25-13-12-23(21-7-5-8-22(18-21)33(34,35)36)24-15-16-40(19-26(24)25)31(42)39-32(2,3)4/h5,7-8,11-14,17-18H,6,9-10,15-16,19H2,1-4H3,(H,37,38)(H,39,42). The SMILES string of the molecule is Cc1ccc2nc(CCCC(=O)c3ccc(-c4cccc(C(F)(F)F)c4)c4c3CN(C(=O)NC(C)(C)C)CC4)[nH]c2c1. The van der Waals surface area contributed by atoms with Crippen molar-refractivity contribution in [1.29, 1.82) is 0 Å². The van der Waals surface area contributed by atoms with E-state index in [4.69, 9.17) is 0 Å². The van der Waals surface area contributed by atoms with Crippen molar-refractivity contribution in [2.75, 3.05) is 6.54 Å². The Morgan fingerprint density at radius 1 is 1.02 bits per heavy atom. The molecule has 3 aromatic carbocycles. The van der Waals surface area contributed by atoms with E-state index < -0.39 is 17.3 Å². The highest BCUT2D eigenvalue weighted by Crippen LogP contribution is 2.37. The van der Waals surface area contributed by atoms with Gasteiger partial charge >= 0.3 is 12.2 Å². The van der Waals surface area contributed by atoms with Crippen LogP contribution in [0.15, 0.2) is 54.6 Å². The molecule has 5 rings (SSSR count). The highest BCUT2D eigenvalue weighted by Gasteiger charge is 2.32. The van der Waals surface area contributed by atoms with E-state index >= 15 is 0 Å². The number of ketones is 1. The Kier molecular flexibility index (Phi) is 7.88. The van der Waals surface area contributed by atoms with Crippen LogP contribution in [0.3, 0.4) is 0 Å². The first kappa shape index (κ1) is 29.4. The van der Waals surface area contributed by atoms with Crippen molar-refractivity contribution in [2.45, 2.75) is 71.6 Å². The van der Waals surface area contributed by atoms with Gasteiger partial charge in [0.25, 0.3) is 0 Å². The molecule has 9 heteroatoms. The van der Waals surface area contributed by atoms with Gasteiger partial charge in [0.05, 0.1) is 16.6 Å². The average Bonchev–Trinajstić information content (AvgIpc) is 3.32. The monoisotopic (exact) mass is 576 g/mol. The zero-order valence-corrected chi connectivity index (χ0v) is 24.3. The van der Waals surface area contributed by atoms with E-state index in [0.717, 1.165) is 40.1 Å². The number of nitrogens with one attached hydrogen (secondary N) is 2. The number of aromatic amines is 1. The maximum atomic E-state index is 13.6. The Balaban J connectivity index is 1.42. The van der Waals surface area contributed by atoms with E-state index in [1.807, 2.05) is 45.9 Å². The Bertz CT molecular complexity index is 1650. The molecule has 0 saturated carbocycles. The van der Waals surface area contributed by atoms with Crippen molar-refractivity contribution in [3.8, 4) is 11.1 Å². The van der Waals surface area contributed by atoms with Crippen molar-refractivity contribution in [3.05, 3.63) is 88.2 Å². The Morgan fingerprint density at radius 2 is 1.81 bits per heavy atom. The van der Waals surface area contributed by atoms with E-state index in [1.54, 1.807) is 23.1 Å². The summed E-state index contributed by atoms with van der Waals surface area (Å²) in [5.74, 6) is 0.752. The molecule has 1 aliphatic rings. The van der Waals surface area contributed by atoms with E-state index in [2.05, 4.69) is 15.3 Å². The zero-order valence-electron chi connectivity index (χ0n) is 24.3. The van der Waals surface area contributed by atoms with Gasteiger partial charge in [0.2, 0.25) is 0 Å². The van der Waals surface area contributed by atoms with Crippen molar-refractivity contribution in [3.63, 3.8) is 0 Å². The maximum Gasteiger partial charge on any atom is 0.416 e.